The van der Waals surface area contributed by atoms with Crippen molar-refractivity contribution in [3.05, 3.63) is 59.7 Å². The largest absolute Gasteiger partial charge is 0.485 e. The molecule has 2 aromatic rings. The van der Waals surface area contributed by atoms with E-state index in [-0.39, 0.29) is 6.54 Å². The zero-order valence-electron chi connectivity index (χ0n) is 14.2. The lowest BCUT2D eigenvalue weighted by Crippen LogP contribution is -2.54. The smallest absolute Gasteiger partial charge is 0.132 e. The minimum atomic E-state index is -0.873. The number of nitriles is 2. The maximum atomic E-state index is 11.0. The minimum Gasteiger partial charge on any atom is -0.485 e. The van der Waals surface area contributed by atoms with E-state index in [1.165, 1.54) is 0 Å². The third-order valence-corrected chi connectivity index (χ3v) is 4.51. The summed E-state index contributed by atoms with van der Waals surface area (Å²) in [5, 5.41) is 29.6. The normalized spacial score (nSPS) is 20.5. The molecule has 126 valence electrons. The third-order valence-electron chi connectivity index (χ3n) is 4.51. The van der Waals surface area contributed by atoms with Crippen molar-refractivity contribution in [3.63, 3.8) is 0 Å². The Morgan fingerprint density at radius 2 is 1.88 bits per heavy atom. The van der Waals surface area contributed by atoms with Crippen molar-refractivity contribution in [2.75, 3.05) is 11.4 Å². The number of hydrogen-bond donors (Lipinski definition) is 1. The summed E-state index contributed by atoms with van der Waals surface area (Å²) in [6, 6.07) is 18.5. The second kappa shape index (κ2) is 6.47. The van der Waals surface area contributed by atoms with Gasteiger partial charge in [0.2, 0.25) is 0 Å². The van der Waals surface area contributed by atoms with Crippen LogP contribution in [0, 0.1) is 22.7 Å². The van der Waals surface area contributed by atoms with E-state index in [2.05, 4.69) is 12.1 Å². The first-order chi connectivity index (χ1) is 12.0. The van der Waals surface area contributed by atoms with E-state index in [9.17, 15) is 15.6 Å². The number of benzene rings is 2. The van der Waals surface area contributed by atoms with Crippen LogP contribution in [0.4, 0.5) is 5.69 Å². The summed E-state index contributed by atoms with van der Waals surface area (Å²) >= 11 is 0. The number of rotatable bonds is 3. The zero-order chi connectivity index (χ0) is 18.0. The van der Waals surface area contributed by atoms with Crippen LogP contribution in [0.2, 0.25) is 0 Å². The van der Waals surface area contributed by atoms with Gasteiger partial charge in [0.1, 0.15) is 24.0 Å². The molecular formula is C20H19N3O2. The van der Waals surface area contributed by atoms with Gasteiger partial charge >= 0.3 is 0 Å². The highest BCUT2D eigenvalue weighted by molar-refractivity contribution is 5.55. The van der Waals surface area contributed by atoms with E-state index < -0.39 is 17.7 Å². The molecule has 5 nitrogen and oxygen atoms in total. The lowest BCUT2D eigenvalue weighted by atomic mass is 9.84. The van der Waals surface area contributed by atoms with Gasteiger partial charge < -0.3 is 14.7 Å². The maximum absolute atomic E-state index is 11.0. The highest BCUT2D eigenvalue weighted by Crippen LogP contribution is 2.44. The lowest BCUT2D eigenvalue weighted by molar-refractivity contribution is -0.0583. The number of para-hydroxylation sites is 1. The van der Waals surface area contributed by atoms with E-state index in [1.54, 1.807) is 18.2 Å². The van der Waals surface area contributed by atoms with Gasteiger partial charge in [0.25, 0.3) is 0 Å². The van der Waals surface area contributed by atoms with Crippen LogP contribution in [-0.4, -0.2) is 23.4 Å². The van der Waals surface area contributed by atoms with E-state index in [4.69, 9.17) is 4.74 Å². The van der Waals surface area contributed by atoms with Crippen molar-refractivity contribution in [1.82, 2.24) is 0 Å². The molecule has 0 aromatic heterocycles. The Balaban J connectivity index is 2.18. The van der Waals surface area contributed by atoms with Crippen molar-refractivity contribution in [2.45, 2.75) is 31.6 Å². The molecule has 0 aliphatic carbocycles. The van der Waals surface area contributed by atoms with Gasteiger partial charge in [-0.15, -0.1) is 0 Å². The van der Waals surface area contributed by atoms with Gasteiger partial charge in [0.15, 0.2) is 0 Å². The third kappa shape index (κ3) is 3.03. The molecule has 25 heavy (non-hydrogen) atoms. The van der Waals surface area contributed by atoms with Crippen LogP contribution in [0.15, 0.2) is 48.5 Å². The van der Waals surface area contributed by atoms with Crippen LogP contribution in [0.5, 0.6) is 5.75 Å². The molecular weight excluding hydrogens is 314 g/mol. The molecule has 1 N–H and O–H groups in total. The first-order valence-corrected chi connectivity index (χ1v) is 8.07. The Morgan fingerprint density at radius 1 is 1.16 bits per heavy atom. The van der Waals surface area contributed by atoms with E-state index in [0.717, 1.165) is 5.69 Å². The Kier molecular flexibility index (Phi) is 4.35. The van der Waals surface area contributed by atoms with Gasteiger partial charge in [-0.2, -0.15) is 10.5 Å². The number of ether oxygens (including phenoxy) is 1. The fraction of sp³-hybridized carbons (Fsp3) is 0.300. The second-order valence-corrected chi connectivity index (χ2v) is 6.58. The summed E-state index contributed by atoms with van der Waals surface area (Å²) in [5.41, 5.74) is 1.21. The summed E-state index contributed by atoms with van der Waals surface area (Å²) < 4.78 is 5.96. The van der Waals surface area contributed by atoms with Crippen LogP contribution in [0.25, 0.3) is 0 Å². The van der Waals surface area contributed by atoms with Crippen LogP contribution < -0.4 is 9.64 Å². The predicted octanol–water partition coefficient (Wildman–Crippen LogP) is 3.16. The van der Waals surface area contributed by atoms with Crippen molar-refractivity contribution >= 4 is 5.69 Å². The van der Waals surface area contributed by atoms with Gasteiger partial charge in [0, 0.05) is 11.3 Å². The molecule has 0 spiro atoms. The van der Waals surface area contributed by atoms with Crippen molar-refractivity contribution < 1.29 is 9.84 Å². The lowest BCUT2D eigenvalue weighted by Gasteiger charge is -2.46. The van der Waals surface area contributed by atoms with E-state index in [0.29, 0.717) is 16.9 Å². The molecule has 3 rings (SSSR count). The van der Waals surface area contributed by atoms with Gasteiger partial charge in [-0.05, 0) is 44.2 Å². The Labute approximate surface area is 147 Å². The average Bonchev–Trinajstić information content (AvgIpc) is 2.62. The highest BCUT2D eigenvalue weighted by atomic mass is 16.5. The predicted molar refractivity (Wildman–Crippen MR) is 94.0 cm³/mol. The summed E-state index contributed by atoms with van der Waals surface area (Å²) in [7, 11) is 0. The molecule has 0 saturated heterocycles. The van der Waals surface area contributed by atoms with Crippen LogP contribution in [-0.2, 0) is 0 Å². The molecule has 0 amide bonds. The summed E-state index contributed by atoms with van der Waals surface area (Å²) in [6.07, 6.45) is -0.873. The van der Waals surface area contributed by atoms with Crippen molar-refractivity contribution in [2.24, 2.45) is 0 Å². The average molecular weight is 333 g/mol. The van der Waals surface area contributed by atoms with Crippen LogP contribution in [0.3, 0.4) is 0 Å². The first-order valence-electron chi connectivity index (χ1n) is 8.07. The first kappa shape index (κ1) is 16.8. The Morgan fingerprint density at radius 3 is 2.52 bits per heavy atom. The number of hydrogen-bond acceptors (Lipinski definition) is 5. The topological polar surface area (TPSA) is 80.3 Å². The molecule has 0 fully saturated rings. The van der Waals surface area contributed by atoms with Gasteiger partial charge in [-0.25, -0.2) is 0 Å². The minimum absolute atomic E-state index is 0.109. The molecule has 0 radical (unpaired) electrons. The van der Waals surface area contributed by atoms with Gasteiger partial charge in [-0.1, -0.05) is 18.2 Å². The molecule has 2 atom stereocenters. The second-order valence-electron chi connectivity index (χ2n) is 6.58. The number of aliphatic hydroxyl groups is 1. The number of anilines is 1. The van der Waals surface area contributed by atoms with Gasteiger partial charge in [0.05, 0.1) is 23.7 Å². The monoisotopic (exact) mass is 333 g/mol. The maximum Gasteiger partial charge on any atom is 0.132 e. The van der Waals surface area contributed by atoms with Crippen molar-refractivity contribution in [3.8, 4) is 17.9 Å². The quantitative estimate of drug-likeness (QED) is 0.873. The van der Waals surface area contributed by atoms with Crippen LogP contribution in [0.1, 0.15) is 31.0 Å². The molecule has 1 aliphatic rings. The zero-order valence-corrected chi connectivity index (χ0v) is 14.2. The molecule has 1 aliphatic heterocycles. The summed E-state index contributed by atoms with van der Waals surface area (Å²) in [5.74, 6) is 0.623. The summed E-state index contributed by atoms with van der Waals surface area (Å²) in [6.45, 7) is 3.75. The molecule has 1 heterocycles. The summed E-state index contributed by atoms with van der Waals surface area (Å²) in [4.78, 5) is 1.86. The van der Waals surface area contributed by atoms with Gasteiger partial charge in [-0.3, -0.25) is 0 Å². The Hall–Kier alpha value is -3.02. The van der Waals surface area contributed by atoms with E-state index >= 15 is 0 Å². The van der Waals surface area contributed by atoms with E-state index in [1.807, 2.05) is 49.1 Å². The number of aliphatic hydroxyl groups excluding tert-OH is 1. The fourth-order valence-electron chi connectivity index (χ4n) is 3.22. The number of fused-ring (bicyclic) bond motifs is 1. The molecule has 0 bridgehead atoms. The number of nitrogens with zero attached hydrogens (tertiary/aromatic N) is 3. The standard InChI is InChI=1S/C20H19N3O2/c1-20(2)19(24)18(16-12-14(13-22)8-9-17(16)25-20)23(11-10-21)15-6-4-3-5-7-15/h3-9,12,18-19,24H,11H2,1-2H3/t18-,19+/m0/s1. The molecule has 0 unspecified atom stereocenters. The molecule has 0 saturated carbocycles. The molecule has 5 heteroatoms. The molecule has 2 aromatic carbocycles. The highest BCUT2D eigenvalue weighted by Gasteiger charge is 2.45. The Bertz CT molecular complexity index is 849. The van der Waals surface area contributed by atoms with Crippen LogP contribution >= 0.6 is 0 Å². The fourth-order valence-corrected chi connectivity index (χ4v) is 3.22. The SMILES string of the molecule is CC1(C)Oc2ccc(C#N)cc2[C@H](N(CC#N)c2ccccc2)[C@H]1O. The van der Waals surface area contributed by atoms with Crippen molar-refractivity contribution in [1.29, 1.82) is 10.5 Å².